The summed E-state index contributed by atoms with van der Waals surface area (Å²) in [5.41, 5.74) is 2.87. The number of nitrogens with one attached hydrogen (secondary N) is 3. The summed E-state index contributed by atoms with van der Waals surface area (Å²) >= 11 is 7.72. The largest absolute Gasteiger partial charge is 0.478 e. The summed E-state index contributed by atoms with van der Waals surface area (Å²) in [7, 11) is -3.42. The van der Waals surface area contributed by atoms with Crippen LogP contribution in [-0.4, -0.2) is 43.2 Å². The van der Waals surface area contributed by atoms with Crippen LogP contribution in [0.15, 0.2) is 109 Å². The molecule has 9 nitrogen and oxygen atoms in total. The average Bonchev–Trinajstić information content (AvgIpc) is 3.39. The van der Waals surface area contributed by atoms with E-state index in [0.29, 0.717) is 39.4 Å². The molecule has 5 aromatic rings. The van der Waals surface area contributed by atoms with Gasteiger partial charge in [0, 0.05) is 23.5 Å². The third-order valence-electron chi connectivity index (χ3n) is 7.15. The molecule has 0 aliphatic carbocycles. The van der Waals surface area contributed by atoms with E-state index in [1.165, 1.54) is 12.1 Å². The Balaban J connectivity index is 1.45. The van der Waals surface area contributed by atoms with Gasteiger partial charge in [-0.3, -0.25) is 9.52 Å². The van der Waals surface area contributed by atoms with Crippen molar-refractivity contribution >= 4 is 61.3 Å². The average molecular weight is 661 g/mol. The first kappa shape index (κ1) is 31.7. The van der Waals surface area contributed by atoms with Gasteiger partial charge in [0.15, 0.2) is 5.13 Å². The lowest BCUT2D eigenvalue weighted by atomic mass is 9.71. The molecule has 12 heteroatoms. The Kier molecular flexibility index (Phi) is 9.52. The molecule has 0 fully saturated rings. The first-order valence-electron chi connectivity index (χ1n) is 13.8. The molecular weight excluding hydrogens is 632 g/mol. The van der Waals surface area contributed by atoms with E-state index in [1.807, 2.05) is 60.7 Å². The summed E-state index contributed by atoms with van der Waals surface area (Å²) in [6.45, 7) is 0.390. The van der Waals surface area contributed by atoms with E-state index in [9.17, 15) is 23.1 Å². The van der Waals surface area contributed by atoms with Crippen molar-refractivity contribution in [2.75, 3.05) is 28.2 Å². The highest BCUT2D eigenvalue weighted by Gasteiger charge is 2.42. The van der Waals surface area contributed by atoms with Crippen LogP contribution < -0.4 is 15.4 Å². The van der Waals surface area contributed by atoms with Crippen molar-refractivity contribution in [3.05, 3.63) is 130 Å². The number of rotatable bonds is 12. The fourth-order valence-corrected chi connectivity index (χ4v) is 6.69. The number of carboxylic acids is 1. The zero-order chi connectivity index (χ0) is 32.0. The normalized spacial score (nSPS) is 11.5. The molecule has 4 N–H and O–H groups in total. The number of hydrogen-bond acceptors (Lipinski definition) is 7. The molecule has 0 atom stereocenters. The van der Waals surface area contributed by atoms with Gasteiger partial charge in [0.05, 0.1) is 11.8 Å². The van der Waals surface area contributed by atoms with Crippen molar-refractivity contribution in [1.82, 2.24) is 4.98 Å². The van der Waals surface area contributed by atoms with Crippen LogP contribution in [0.3, 0.4) is 0 Å². The predicted molar refractivity (Wildman–Crippen MR) is 180 cm³/mol. The molecule has 1 heterocycles. The molecule has 0 saturated heterocycles. The van der Waals surface area contributed by atoms with E-state index in [-0.39, 0.29) is 11.5 Å². The second kappa shape index (κ2) is 13.5. The molecule has 1 aromatic heterocycles. The lowest BCUT2D eigenvalue weighted by molar-refractivity contribution is -0.120. The molecule has 0 spiro atoms. The molecule has 0 saturated carbocycles. The second-order valence-corrected chi connectivity index (χ2v) is 13.6. The second-order valence-electron chi connectivity index (χ2n) is 10.2. The number of benzene rings is 4. The van der Waals surface area contributed by atoms with E-state index in [1.54, 1.807) is 36.4 Å². The van der Waals surface area contributed by atoms with Crippen molar-refractivity contribution in [3.63, 3.8) is 0 Å². The number of sulfonamides is 1. The Bertz CT molecular complexity index is 1860. The highest BCUT2D eigenvalue weighted by atomic mass is 35.5. The first-order valence-corrected chi connectivity index (χ1v) is 16.9. The summed E-state index contributed by atoms with van der Waals surface area (Å²) in [6, 6.07) is 32.1. The molecule has 0 unspecified atom stereocenters. The van der Waals surface area contributed by atoms with Gasteiger partial charge in [-0.05, 0) is 53.9 Å². The van der Waals surface area contributed by atoms with Crippen LogP contribution in [0.2, 0.25) is 4.34 Å². The monoisotopic (exact) mass is 660 g/mol. The number of aromatic nitrogens is 1. The van der Waals surface area contributed by atoms with Crippen molar-refractivity contribution in [2.24, 2.45) is 0 Å². The topological polar surface area (TPSA) is 137 Å². The summed E-state index contributed by atoms with van der Waals surface area (Å²) in [6.07, 6.45) is 1.43. The molecule has 4 aromatic carbocycles. The number of carboxylic acid groups (broad SMARTS) is 1. The van der Waals surface area contributed by atoms with Gasteiger partial charge < -0.3 is 15.7 Å². The summed E-state index contributed by atoms with van der Waals surface area (Å²) in [5.74, 6) is -1.30. The maximum absolute atomic E-state index is 14.5. The van der Waals surface area contributed by atoms with Crippen LogP contribution in [0.4, 0.5) is 16.5 Å². The third kappa shape index (κ3) is 7.51. The van der Waals surface area contributed by atoms with E-state index < -0.39 is 21.4 Å². The molecule has 230 valence electrons. The number of carbonyl (C=O) groups is 2. The molecule has 5 rings (SSSR count). The number of aromatic carboxylic acids is 1. The van der Waals surface area contributed by atoms with Crippen LogP contribution in [-0.2, 0) is 20.2 Å². The third-order valence-corrected chi connectivity index (χ3v) is 8.93. The minimum Gasteiger partial charge on any atom is -0.478 e. The maximum Gasteiger partial charge on any atom is 0.335 e. The Morgan fingerprint density at radius 1 is 0.844 bits per heavy atom. The zero-order valence-corrected chi connectivity index (χ0v) is 26.4. The fourth-order valence-electron chi connectivity index (χ4n) is 5.05. The number of anilines is 3. The molecule has 45 heavy (non-hydrogen) atoms. The predicted octanol–water partition coefficient (Wildman–Crippen LogP) is 6.96. The minimum atomic E-state index is -3.42. The van der Waals surface area contributed by atoms with Crippen LogP contribution >= 0.6 is 22.9 Å². The molecule has 0 aliphatic heterocycles. The van der Waals surface area contributed by atoms with Crippen LogP contribution in [0.25, 0.3) is 11.3 Å². The van der Waals surface area contributed by atoms with Gasteiger partial charge in [-0.25, -0.2) is 18.2 Å². The van der Waals surface area contributed by atoms with Gasteiger partial charge >= 0.3 is 5.97 Å². The smallest absolute Gasteiger partial charge is 0.335 e. The van der Waals surface area contributed by atoms with Crippen molar-refractivity contribution in [3.8, 4) is 11.3 Å². The van der Waals surface area contributed by atoms with E-state index in [4.69, 9.17) is 11.6 Å². The fraction of sp³-hybridized carbons (Fsp3) is 0.121. The van der Waals surface area contributed by atoms with Gasteiger partial charge in [-0.15, -0.1) is 0 Å². The number of halogens is 1. The van der Waals surface area contributed by atoms with Crippen molar-refractivity contribution < 1.29 is 23.1 Å². The Morgan fingerprint density at radius 2 is 1.40 bits per heavy atom. The first-order chi connectivity index (χ1) is 21.5. The van der Waals surface area contributed by atoms with Crippen LogP contribution in [0, 0.1) is 0 Å². The maximum atomic E-state index is 14.5. The number of thiazole rings is 1. The van der Waals surface area contributed by atoms with Gasteiger partial charge in [0.2, 0.25) is 15.9 Å². The molecular formula is C33H29ClN4O5S2. The summed E-state index contributed by atoms with van der Waals surface area (Å²) < 4.78 is 25.9. The standard InChI is InChI=1S/C33H29ClN4O5S2/c1-45(42,43)38-27-18-12-22(13-19-27)28-29(34)44-32(36-28)37-31(41)33(24-8-4-2-5-9-24,25-10-6-3-7-11-25)20-21-35-26-16-14-23(15-17-26)30(39)40/h2-19,35,38H,20-21H2,1H3,(H,39,40)(H,36,37,41). The van der Waals surface area contributed by atoms with Gasteiger partial charge in [-0.2, -0.15) is 0 Å². The Labute approximate surface area is 270 Å². The number of carbonyl (C=O) groups excluding carboxylic acids is 1. The number of amides is 1. The molecule has 1 amide bonds. The lowest BCUT2D eigenvalue weighted by Gasteiger charge is -2.33. The lowest BCUT2D eigenvalue weighted by Crippen LogP contribution is -2.43. The number of nitrogens with zero attached hydrogens (tertiary/aromatic N) is 1. The van der Waals surface area contributed by atoms with Gasteiger partial charge in [-0.1, -0.05) is 95.7 Å². The van der Waals surface area contributed by atoms with E-state index >= 15 is 0 Å². The van der Waals surface area contributed by atoms with Crippen LogP contribution in [0.5, 0.6) is 0 Å². The van der Waals surface area contributed by atoms with E-state index in [2.05, 4.69) is 20.3 Å². The summed E-state index contributed by atoms with van der Waals surface area (Å²) in [4.78, 5) is 30.4. The quantitative estimate of drug-likeness (QED) is 0.114. The summed E-state index contributed by atoms with van der Waals surface area (Å²) in [5, 5.41) is 15.9. The van der Waals surface area contributed by atoms with Gasteiger partial charge in [0.25, 0.3) is 0 Å². The Morgan fingerprint density at radius 3 is 1.93 bits per heavy atom. The highest BCUT2D eigenvalue weighted by Crippen LogP contribution is 2.40. The molecule has 0 aliphatic rings. The van der Waals surface area contributed by atoms with Crippen molar-refractivity contribution in [1.29, 1.82) is 0 Å². The highest BCUT2D eigenvalue weighted by molar-refractivity contribution is 7.92. The minimum absolute atomic E-state index is 0.186. The SMILES string of the molecule is CS(=O)(=O)Nc1ccc(-c2nc(NC(=O)C(CCNc3ccc(C(=O)O)cc3)(c3ccccc3)c3ccccc3)sc2Cl)cc1. The Hall–Kier alpha value is -4.71. The van der Waals surface area contributed by atoms with Crippen molar-refractivity contribution in [2.45, 2.75) is 11.8 Å². The van der Waals surface area contributed by atoms with E-state index in [0.717, 1.165) is 34.4 Å². The van der Waals surface area contributed by atoms with Crippen LogP contribution in [0.1, 0.15) is 27.9 Å². The van der Waals surface area contributed by atoms with Gasteiger partial charge in [0.1, 0.15) is 15.4 Å². The number of hydrogen-bond donors (Lipinski definition) is 4. The zero-order valence-electron chi connectivity index (χ0n) is 24.0. The molecule has 0 bridgehead atoms. The molecule has 0 radical (unpaired) electrons.